The van der Waals surface area contributed by atoms with Gasteiger partial charge < -0.3 is 10.2 Å². The van der Waals surface area contributed by atoms with Crippen LogP contribution in [0.25, 0.3) is 0 Å². The predicted molar refractivity (Wildman–Crippen MR) is 90.2 cm³/mol. The maximum Gasteiger partial charge on any atom is 0.336 e. The van der Waals surface area contributed by atoms with Crippen LogP contribution in [0.2, 0.25) is 0 Å². The third-order valence-corrected chi connectivity index (χ3v) is 3.73. The summed E-state index contributed by atoms with van der Waals surface area (Å²) < 4.78 is 0. The maximum absolute atomic E-state index is 12.6. The number of aliphatic hydroxyl groups excluding tert-OH is 1. The van der Waals surface area contributed by atoms with Crippen molar-refractivity contribution in [2.75, 3.05) is 16.3 Å². The molecule has 6 heteroatoms. The summed E-state index contributed by atoms with van der Waals surface area (Å²) in [5.41, 5.74) is 1.82. The summed E-state index contributed by atoms with van der Waals surface area (Å²) in [7, 11) is 0. The molecule has 0 bridgehead atoms. The Bertz CT molecular complexity index is 816. The highest BCUT2D eigenvalue weighted by atomic mass is 16.3. The number of allylic oxidation sites excluding steroid dienone is 1. The Morgan fingerprint density at radius 1 is 1.04 bits per heavy atom. The molecule has 1 fully saturated rings. The number of nitrogens with zero attached hydrogens (tertiary/aromatic N) is 2. The van der Waals surface area contributed by atoms with Crippen LogP contribution in [0.3, 0.4) is 0 Å². The van der Waals surface area contributed by atoms with E-state index in [2.05, 4.69) is 0 Å². The number of imide groups is 1. The molecule has 24 heavy (non-hydrogen) atoms. The van der Waals surface area contributed by atoms with Crippen molar-refractivity contribution < 1.29 is 19.8 Å². The lowest BCUT2D eigenvalue weighted by molar-refractivity contribution is -0.115. The van der Waals surface area contributed by atoms with Crippen molar-refractivity contribution in [2.45, 2.75) is 6.42 Å². The van der Waals surface area contributed by atoms with E-state index in [0.717, 1.165) is 16.7 Å². The number of aromatic hydroxyl groups is 1. The number of hydrogen-bond donors (Lipinski definition) is 2. The zero-order chi connectivity index (χ0) is 17.1. The fraction of sp³-hybridized carbons (Fsp3) is 0.111. The second kappa shape index (κ2) is 6.45. The highest BCUT2D eigenvalue weighted by Crippen LogP contribution is 2.28. The first kappa shape index (κ1) is 15.6. The van der Waals surface area contributed by atoms with E-state index in [0.29, 0.717) is 17.8 Å². The molecule has 0 saturated carbocycles. The van der Waals surface area contributed by atoms with Gasteiger partial charge in [0, 0.05) is 11.8 Å². The summed E-state index contributed by atoms with van der Waals surface area (Å²) in [5, 5.41) is 18.3. The minimum Gasteiger partial charge on any atom is -0.516 e. The molecular formula is C18H16N2O4. The maximum atomic E-state index is 12.6. The number of benzene rings is 2. The Labute approximate surface area is 138 Å². The third kappa shape index (κ3) is 2.94. The second-order valence-corrected chi connectivity index (χ2v) is 5.38. The quantitative estimate of drug-likeness (QED) is 0.669. The molecular weight excluding hydrogens is 308 g/mol. The average Bonchev–Trinajstić information content (AvgIpc) is 2.88. The molecule has 0 unspecified atom stereocenters. The van der Waals surface area contributed by atoms with E-state index >= 15 is 0 Å². The van der Waals surface area contributed by atoms with Crippen molar-refractivity contribution in [1.29, 1.82) is 0 Å². The average molecular weight is 324 g/mol. The summed E-state index contributed by atoms with van der Waals surface area (Å²) in [6, 6.07) is 12.8. The third-order valence-electron chi connectivity index (χ3n) is 3.73. The number of aliphatic hydroxyl groups is 1. The topological polar surface area (TPSA) is 81.1 Å². The van der Waals surface area contributed by atoms with E-state index < -0.39 is 6.03 Å². The van der Waals surface area contributed by atoms with E-state index in [1.165, 1.54) is 17.0 Å². The molecule has 1 heterocycles. The van der Waals surface area contributed by atoms with E-state index in [-0.39, 0.29) is 18.2 Å². The zero-order valence-electron chi connectivity index (χ0n) is 12.8. The summed E-state index contributed by atoms with van der Waals surface area (Å²) >= 11 is 0. The Kier molecular flexibility index (Phi) is 4.20. The van der Waals surface area contributed by atoms with Gasteiger partial charge in [-0.15, -0.1) is 0 Å². The number of carbonyl (C=O) groups is 2. The smallest absolute Gasteiger partial charge is 0.336 e. The molecule has 1 saturated heterocycles. The Morgan fingerprint density at radius 3 is 2.54 bits per heavy atom. The Balaban J connectivity index is 1.89. The van der Waals surface area contributed by atoms with Crippen molar-refractivity contribution in [3.63, 3.8) is 0 Å². The van der Waals surface area contributed by atoms with Crippen LogP contribution in [0.4, 0.5) is 16.2 Å². The van der Waals surface area contributed by atoms with Crippen molar-refractivity contribution in [2.24, 2.45) is 0 Å². The molecule has 1 aliphatic heterocycles. The summed E-state index contributed by atoms with van der Waals surface area (Å²) in [4.78, 5) is 27.4. The lowest BCUT2D eigenvalue weighted by Gasteiger charge is -2.17. The molecule has 1 aliphatic rings. The molecule has 122 valence electrons. The molecule has 2 aromatic carbocycles. The van der Waals surface area contributed by atoms with Gasteiger partial charge in [0.2, 0.25) is 0 Å². The van der Waals surface area contributed by atoms with Gasteiger partial charge >= 0.3 is 6.03 Å². The minimum atomic E-state index is -0.458. The first-order valence-electron chi connectivity index (χ1n) is 7.42. The molecule has 0 aliphatic carbocycles. The molecule has 0 atom stereocenters. The van der Waals surface area contributed by atoms with Crippen molar-refractivity contribution in [1.82, 2.24) is 0 Å². The summed E-state index contributed by atoms with van der Waals surface area (Å²) in [6.07, 6.45) is 3.03. The number of rotatable bonds is 4. The van der Waals surface area contributed by atoms with E-state index in [1.807, 2.05) is 6.07 Å². The number of carbonyl (C=O) groups excluding carboxylic acids is 2. The molecule has 3 rings (SSSR count). The van der Waals surface area contributed by atoms with Gasteiger partial charge in [0.25, 0.3) is 5.91 Å². The molecule has 0 spiro atoms. The van der Waals surface area contributed by atoms with Crippen molar-refractivity contribution in [3.8, 4) is 5.75 Å². The van der Waals surface area contributed by atoms with Crippen LogP contribution in [0.5, 0.6) is 5.75 Å². The van der Waals surface area contributed by atoms with Crippen LogP contribution in [0, 0.1) is 0 Å². The zero-order valence-corrected chi connectivity index (χ0v) is 12.8. The number of amides is 3. The largest absolute Gasteiger partial charge is 0.516 e. The van der Waals surface area contributed by atoms with Crippen LogP contribution in [-0.2, 0) is 11.2 Å². The van der Waals surface area contributed by atoms with Crippen molar-refractivity contribution in [3.05, 3.63) is 66.4 Å². The molecule has 6 nitrogen and oxygen atoms in total. The van der Waals surface area contributed by atoms with Gasteiger partial charge in [-0.3, -0.25) is 9.69 Å². The van der Waals surface area contributed by atoms with E-state index in [9.17, 15) is 14.7 Å². The highest BCUT2D eigenvalue weighted by molar-refractivity contribution is 6.26. The fourth-order valence-electron chi connectivity index (χ4n) is 2.63. The molecule has 0 radical (unpaired) electrons. The van der Waals surface area contributed by atoms with Crippen LogP contribution >= 0.6 is 0 Å². The number of anilines is 2. The van der Waals surface area contributed by atoms with Gasteiger partial charge in [0.05, 0.1) is 11.9 Å². The Morgan fingerprint density at radius 2 is 1.79 bits per heavy atom. The first-order valence-corrected chi connectivity index (χ1v) is 7.42. The molecule has 2 N–H and O–H groups in total. The van der Waals surface area contributed by atoms with Gasteiger partial charge in [-0.05, 0) is 42.3 Å². The standard InChI is InChI=1S/C18H16N2O4/c21-9-3-5-13-4-1-7-15(10-13)20-17(23)12-19(18(20)24)14-6-2-8-16(22)11-14/h1-4,6-11,21-22H,5,12H2. The number of phenolic OH excluding ortho intramolecular Hbond substituents is 1. The normalized spacial score (nSPS) is 14.8. The van der Waals surface area contributed by atoms with Crippen LogP contribution in [0.15, 0.2) is 60.9 Å². The summed E-state index contributed by atoms with van der Waals surface area (Å²) in [6.45, 7) is -0.0803. The lowest BCUT2D eigenvalue weighted by atomic mass is 10.1. The number of urea groups is 1. The van der Waals surface area contributed by atoms with Crippen LogP contribution in [0.1, 0.15) is 5.56 Å². The number of phenols is 1. The number of hydrogen-bond acceptors (Lipinski definition) is 4. The van der Waals surface area contributed by atoms with E-state index in [1.54, 1.807) is 36.4 Å². The SMILES string of the molecule is O=C1CN(c2cccc(O)c2)C(=O)N1c1cccc(CC=CO)c1. The lowest BCUT2D eigenvalue weighted by Crippen LogP contribution is -2.33. The van der Waals surface area contributed by atoms with Crippen LogP contribution in [-0.4, -0.2) is 28.7 Å². The Hall–Kier alpha value is -3.28. The highest BCUT2D eigenvalue weighted by Gasteiger charge is 2.38. The second-order valence-electron chi connectivity index (χ2n) is 5.38. The molecule has 2 aromatic rings. The molecule has 3 amide bonds. The van der Waals surface area contributed by atoms with Gasteiger partial charge in [-0.1, -0.05) is 18.2 Å². The van der Waals surface area contributed by atoms with Gasteiger partial charge in [-0.25, -0.2) is 9.69 Å². The van der Waals surface area contributed by atoms with Crippen molar-refractivity contribution >= 4 is 23.3 Å². The monoisotopic (exact) mass is 324 g/mol. The van der Waals surface area contributed by atoms with Gasteiger partial charge in [0.15, 0.2) is 0 Å². The van der Waals surface area contributed by atoms with Gasteiger partial charge in [-0.2, -0.15) is 0 Å². The fourth-order valence-corrected chi connectivity index (χ4v) is 2.63. The first-order chi connectivity index (χ1) is 11.6. The summed E-state index contributed by atoms with van der Waals surface area (Å²) in [5.74, 6) is -0.304. The molecule has 0 aromatic heterocycles. The van der Waals surface area contributed by atoms with Gasteiger partial charge in [0.1, 0.15) is 12.3 Å². The van der Waals surface area contributed by atoms with E-state index in [4.69, 9.17) is 5.11 Å². The minimum absolute atomic E-state index is 0.0315. The predicted octanol–water partition coefficient (Wildman–Crippen LogP) is 2.98. The van der Waals surface area contributed by atoms with Crippen LogP contribution < -0.4 is 9.80 Å².